The van der Waals surface area contributed by atoms with E-state index in [9.17, 15) is 9.59 Å². The van der Waals surface area contributed by atoms with Gasteiger partial charge in [-0.1, -0.05) is 180 Å². The molecule has 47 heavy (non-hydrogen) atoms. The Morgan fingerprint density at radius 2 is 0.766 bits per heavy atom. The Hall–Kier alpha value is -1.32. The van der Waals surface area contributed by atoms with E-state index in [0.717, 1.165) is 70.6 Å². The predicted molar refractivity (Wildman–Crippen MR) is 204 cm³/mol. The molecule has 0 amide bonds. The van der Waals surface area contributed by atoms with Gasteiger partial charge >= 0.3 is 11.9 Å². The van der Waals surface area contributed by atoms with Gasteiger partial charge in [-0.2, -0.15) is 0 Å². The zero-order valence-corrected chi connectivity index (χ0v) is 31.9. The maximum atomic E-state index is 12.7. The number of aliphatic carboxylic acids is 1. The summed E-state index contributed by atoms with van der Waals surface area (Å²) in [5, 5.41) is 8.83. The molecule has 0 heterocycles. The minimum atomic E-state index is -0.699. The third-order valence-electron chi connectivity index (χ3n) is 9.74. The van der Waals surface area contributed by atoms with Crippen molar-refractivity contribution in [1.29, 1.82) is 0 Å². The number of allylic oxidation sites excluding steroid dienone is 2. The van der Waals surface area contributed by atoms with Gasteiger partial charge in [0, 0.05) is 12.8 Å². The molecule has 0 aliphatic rings. The van der Waals surface area contributed by atoms with E-state index in [1.807, 2.05) is 0 Å². The molecule has 4 nitrogen and oxygen atoms in total. The monoisotopic (exact) mass is 663 g/mol. The summed E-state index contributed by atoms with van der Waals surface area (Å²) in [6.45, 7) is 4.56. The van der Waals surface area contributed by atoms with Crippen LogP contribution in [0.25, 0.3) is 0 Å². The van der Waals surface area contributed by atoms with Gasteiger partial charge < -0.3 is 9.84 Å². The molecule has 4 heteroatoms. The Balaban J connectivity index is 4.03. The third kappa shape index (κ3) is 39.0. The number of carbonyl (C=O) groups is 2. The number of rotatable bonds is 39. The smallest absolute Gasteiger partial charge is 0.306 e. The number of hydrogen-bond donors (Lipinski definition) is 1. The van der Waals surface area contributed by atoms with Crippen LogP contribution in [0, 0.1) is 0 Å². The maximum absolute atomic E-state index is 12.7. The summed E-state index contributed by atoms with van der Waals surface area (Å²) in [6, 6.07) is 0. The number of ether oxygens (including phenoxy) is 1. The number of carbonyl (C=O) groups excluding carboxylic acids is 1. The van der Waals surface area contributed by atoms with Gasteiger partial charge in [-0.15, -0.1) is 0 Å². The topological polar surface area (TPSA) is 63.6 Å². The third-order valence-corrected chi connectivity index (χ3v) is 9.74. The summed E-state index contributed by atoms with van der Waals surface area (Å²) in [6.07, 6.45) is 48.1. The lowest BCUT2D eigenvalue weighted by Gasteiger charge is -2.18. The molecule has 0 aromatic heterocycles. The van der Waals surface area contributed by atoms with Crippen LogP contribution in [0.3, 0.4) is 0 Å². The largest absolute Gasteiger partial charge is 0.481 e. The summed E-state index contributed by atoms with van der Waals surface area (Å²) in [4.78, 5) is 23.4. The fourth-order valence-corrected chi connectivity index (χ4v) is 6.59. The van der Waals surface area contributed by atoms with E-state index in [0.29, 0.717) is 6.42 Å². The summed E-state index contributed by atoms with van der Waals surface area (Å²) < 4.78 is 6.01. The fraction of sp³-hybridized carbons (Fsp3) is 0.907. The van der Waals surface area contributed by atoms with E-state index in [1.54, 1.807) is 0 Å². The molecule has 0 saturated heterocycles. The van der Waals surface area contributed by atoms with Gasteiger partial charge in [0.1, 0.15) is 6.10 Å². The zero-order chi connectivity index (χ0) is 34.3. The summed E-state index contributed by atoms with van der Waals surface area (Å²) in [5.74, 6) is -0.700. The molecule has 278 valence electrons. The van der Waals surface area contributed by atoms with E-state index in [1.165, 1.54) is 148 Å². The number of esters is 1. The van der Waals surface area contributed by atoms with Crippen LogP contribution in [0.15, 0.2) is 12.2 Å². The second-order valence-electron chi connectivity index (χ2n) is 14.5. The van der Waals surface area contributed by atoms with Crippen molar-refractivity contribution >= 4 is 11.9 Å². The Kier molecular flexibility index (Phi) is 38.0. The van der Waals surface area contributed by atoms with Gasteiger partial charge in [-0.25, -0.2) is 0 Å². The zero-order valence-electron chi connectivity index (χ0n) is 31.9. The Morgan fingerprint density at radius 1 is 0.447 bits per heavy atom. The Morgan fingerprint density at radius 3 is 1.17 bits per heavy atom. The first-order valence-corrected chi connectivity index (χ1v) is 21.2. The van der Waals surface area contributed by atoms with Crippen molar-refractivity contribution in [3.63, 3.8) is 0 Å². The van der Waals surface area contributed by atoms with E-state index >= 15 is 0 Å². The summed E-state index contributed by atoms with van der Waals surface area (Å²) in [7, 11) is 0. The highest BCUT2D eigenvalue weighted by Gasteiger charge is 2.14. The second kappa shape index (κ2) is 39.1. The van der Waals surface area contributed by atoms with Crippen molar-refractivity contribution in [3.8, 4) is 0 Å². The fourth-order valence-electron chi connectivity index (χ4n) is 6.59. The first kappa shape index (κ1) is 45.7. The predicted octanol–water partition coefficient (Wildman–Crippen LogP) is 14.6. The van der Waals surface area contributed by atoms with Gasteiger partial charge in [0.2, 0.25) is 0 Å². The van der Waals surface area contributed by atoms with Gasteiger partial charge in [0.15, 0.2) is 0 Å². The lowest BCUT2D eigenvalue weighted by molar-refractivity contribution is -0.150. The molecule has 0 saturated carbocycles. The molecule has 0 bridgehead atoms. The van der Waals surface area contributed by atoms with Gasteiger partial charge in [0.05, 0.1) is 0 Å². The van der Waals surface area contributed by atoms with Gasteiger partial charge in [-0.3, -0.25) is 9.59 Å². The quantitative estimate of drug-likeness (QED) is 0.0404. The Labute approximate surface area is 294 Å². The standard InChI is InChI=1S/C43H82O4/c1-3-5-7-9-11-13-15-17-19-20-22-24-26-29-33-37-41(38-34-30-28-31-35-39-42(44)45)47-43(46)40-36-32-27-25-23-21-18-16-14-12-10-8-6-4-2/h20,22,41H,3-19,21,23-40H2,1-2H3,(H,44,45)/b22-20-. The van der Waals surface area contributed by atoms with Crippen molar-refractivity contribution in [2.75, 3.05) is 0 Å². The molecule has 1 N–H and O–H groups in total. The Bertz CT molecular complexity index is 673. The molecule has 0 rings (SSSR count). The van der Waals surface area contributed by atoms with Gasteiger partial charge in [-0.05, 0) is 64.2 Å². The highest BCUT2D eigenvalue weighted by Crippen LogP contribution is 2.19. The highest BCUT2D eigenvalue weighted by molar-refractivity contribution is 5.69. The number of carboxylic acids is 1. The van der Waals surface area contributed by atoms with Crippen molar-refractivity contribution < 1.29 is 19.4 Å². The summed E-state index contributed by atoms with van der Waals surface area (Å²) >= 11 is 0. The summed E-state index contributed by atoms with van der Waals surface area (Å²) in [5.41, 5.74) is 0. The van der Waals surface area contributed by atoms with Crippen molar-refractivity contribution in [2.45, 2.75) is 251 Å². The lowest BCUT2D eigenvalue weighted by Crippen LogP contribution is -2.18. The van der Waals surface area contributed by atoms with Crippen LogP contribution < -0.4 is 0 Å². The van der Waals surface area contributed by atoms with Crippen LogP contribution >= 0.6 is 0 Å². The average molecular weight is 663 g/mol. The number of unbranched alkanes of at least 4 members (excludes halogenated alkanes) is 28. The van der Waals surface area contributed by atoms with E-state index in [4.69, 9.17) is 9.84 Å². The number of carboxylic acid groups (broad SMARTS) is 1. The highest BCUT2D eigenvalue weighted by atomic mass is 16.5. The van der Waals surface area contributed by atoms with E-state index < -0.39 is 5.97 Å². The van der Waals surface area contributed by atoms with Gasteiger partial charge in [0.25, 0.3) is 0 Å². The van der Waals surface area contributed by atoms with Crippen LogP contribution in [0.2, 0.25) is 0 Å². The lowest BCUT2D eigenvalue weighted by atomic mass is 10.0. The molecule has 0 aromatic rings. The molecule has 0 spiro atoms. The van der Waals surface area contributed by atoms with Crippen LogP contribution in [-0.2, 0) is 14.3 Å². The first-order valence-electron chi connectivity index (χ1n) is 21.2. The minimum absolute atomic E-state index is 0.000660. The first-order chi connectivity index (χ1) is 23.1. The minimum Gasteiger partial charge on any atom is -0.481 e. The van der Waals surface area contributed by atoms with Crippen LogP contribution in [0.5, 0.6) is 0 Å². The molecule has 0 aliphatic carbocycles. The molecule has 0 aliphatic heterocycles. The molecule has 1 atom stereocenters. The SMILES string of the molecule is CCCCCCCCCC/C=C\CCCCCC(CCCCCCCC(=O)O)OC(=O)CCCCCCCCCCCCCCCC. The van der Waals surface area contributed by atoms with Crippen molar-refractivity contribution in [3.05, 3.63) is 12.2 Å². The maximum Gasteiger partial charge on any atom is 0.306 e. The van der Waals surface area contributed by atoms with Crippen molar-refractivity contribution in [2.24, 2.45) is 0 Å². The molecule has 0 aromatic carbocycles. The second-order valence-corrected chi connectivity index (χ2v) is 14.5. The average Bonchev–Trinajstić information content (AvgIpc) is 3.05. The van der Waals surface area contributed by atoms with Crippen LogP contribution in [-0.4, -0.2) is 23.1 Å². The number of hydrogen-bond acceptors (Lipinski definition) is 3. The van der Waals surface area contributed by atoms with Crippen LogP contribution in [0.4, 0.5) is 0 Å². The van der Waals surface area contributed by atoms with E-state index in [-0.39, 0.29) is 18.5 Å². The van der Waals surface area contributed by atoms with E-state index in [2.05, 4.69) is 26.0 Å². The molecular weight excluding hydrogens is 580 g/mol. The molecule has 0 fully saturated rings. The van der Waals surface area contributed by atoms with Crippen LogP contribution in [0.1, 0.15) is 245 Å². The molecule has 0 radical (unpaired) electrons. The molecular formula is C43H82O4. The molecule has 1 unspecified atom stereocenters. The normalized spacial score (nSPS) is 12.2. The van der Waals surface area contributed by atoms with Crippen molar-refractivity contribution in [1.82, 2.24) is 0 Å².